The lowest BCUT2D eigenvalue weighted by atomic mass is 10.1. The zero-order valence-corrected chi connectivity index (χ0v) is 8.14. The summed E-state index contributed by atoms with van der Waals surface area (Å²) in [7, 11) is 0. The Morgan fingerprint density at radius 3 is 2.92 bits per heavy atom. The Morgan fingerprint density at radius 1 is 1.54 bits per heavy atom. The molecule has 0 radical (unpaired) electrons. The van der Waals surface area contributed by atoms with Crippen LogP contribution in [-0.2, 0) is 6.42 Å². The minimum atomic E-state index is 0.329. The molecule has 3 heteroatoms. The third-order valence-electron chi connectivity index (χ3n) is 1.59. The summed E-state index contributed by atoms with van der Waals surface area (Å²) in [6.07, 6.45) is 0.329. The molecule has 1 aromatic carbocycles. The molecule has 0 heterocycles. The zero-order valence-electron chi connectivity index (χ0n) is 7.38. The van der Waals surface area contributed by atoms with E-state index in [1.165, 1.54) is 0 Å². The van der Waals surface area contributed by atoms with Crippen LogP contribution in [0.3, 0.4) is 0 Å². The topological polar surface area (TPSA) is 33.0 Å². The van der Waals surface area contributed by atoms with Crippen LogP contribution in [0.5, 0.6) is 5.75 Å². The van der Waals surface area contributed by atoms with Crippen molar-refractivity contribution < 1.29 is 4.74 Å². The van der Waals surface area contributed by atoms with Crippen LogP contribution in [0.4, 0.5) is 0 Å². The SMILES string of the molecule is CCOc1ccc(Cl)cc1CC#N. The molecule has 0 bridgehead atoms. The van der Waals surface area contributed by atoms with Crippen molar-refractivity contribution in [3.8, 4) is 11.8 Å². The summed E-state index contributed by atoms with van der Waals surface area (Å²) in [6.45, 7) is 2.50. The molecule has 2 nitrogen and oxygen atoms in total. The number of ether oxygens (including phenoxy) is 1. The second-order valence-corrected chi connectivity index (χ2v) is 2.96. The Labute approximate surface area is 82.7 Å². The highest BCUT2D eigenvalue weighted by Crippen LogP contribution is 2.23. The van der Waals surface area contributed by atoms with Crippen LogP contribution < -0.4 is 4.74 Å². The molecule has 1 aromatic rings. The molecule has 0 atom stereocenters. The predicted molar refractivity (Wildman–Crippen MR) is 51.9 cm³/mol. The maximum absolute atomic E-state index is 8.55. The normalized spacial score (nSPS) is 9.31. The molecule has 0 aliphatic carbocycles. The van der Waals surface area contributed by atoms with Crippen LogP contribution in [-0.4, -0.2) is 6.61 Å². The molecule has 13 heavy (non-hydrogen) atoms. The molecule has 0 saturated carbocycles. The summed E-state index contributed by atoms with van der Waals surface area (Å²) in [5, 5.41) is 9.19. The number of nitrogens with zero attached hydrogens (tertiary/aromatic N) is 1. The number of nitriles is 1. The highest BCUT2D eigenvalue weighted by Gasteiger charge is 2.03. The first-order valence-electron chi connectivity index (χ1n) is 4.06. The van der Waals surface area contributed by atoms with Crippen molar-refractivity contribution in [2.45, 2.75) is 13.3 Å². The van der Waals surface area contributed by atoms with E-state index >= 15 is 0 Å². The quantitative estimate of drug-likeness (QED) is 0.743. The summed E-state index contributed by atoms with van der Waals surface area (Å²) in [5.74, 6) is 0.744. The highest BCUT2D eigenvalue weighted by atomic mass is 35.5. The van der Waals surface area contributed by atoms with Crippen molar-refractivity contribution in [2.75, 3.05) is 6.61 Å². The van der Waals surface area contributed by atoms with Gasteiger partial charge in [0.15, 0.2) is 0 Å². The molecule has 0 spiro atoms. The molecular weight excluding hydrogens is 186 g/mol. The van der Waals surface area contributed by atoms with Gasteiger partial charge < -0.3 is 4.74 Å². The van der Waals surface area contributed by atoms with Gasteiger partial charge in [-0.1, -0.05) is 11.6 Å². The van der Waals surface area contributed by atoms with Gasteiger partial charge in [0.25, 0.3) is 0 Å². The van der Waals surface area contributed by atoms with Crippen LogP contribution in [0.15, 0.2) is 18.2 Å². The van der Waals surface area contributed by atoms with E-state index in [1.807, 2.05) is 6.92 Å². The van der Waals surface area contributed by atoms with E-state index < -0.39 is 0 Å². The summed E-state index contributed by atoms with van der Waals surface area (Å²) < 4.78 is 5.33. The van der Waals surface area contributed by atoms with Gasteiger partial charge >= 0.3 is 0 Å². The highest BCUT2D eigenvalue weighted by molar-refractivity contribution is 6.30. The minimum absolute atomic E-state index is 0.329. The summed E-state index contributed by atoms with van der Waals surface area (Å²) >= 11 is 5.79. The van der Waals surface area contributed by atoms with Gasteiger partial charge in [0.2, 0.25) is 0 Å². The van der Waals surface area contributed by atoms with Gasteiger partial charge in [-0.25, -0.2) is 0 Å². The van der Waals surface area contributed by atoms with Crippen molar-refractivity contribution in [1.82, 2.24) is 0 Å². The van der Waals surface area contributed by atoms with E-state index in [1.54, 1.807) is 18.2 Å². The van der Waals surface area contributed by atoms with Crippen molar-refractivity contribution >= 4 is 11.6 Å². The molecule has 68 valence electrons. The first-order valence-corrected chi connectivity index (χ1v) is 4.44. The van der Waals surface area contributed by atoms with E-state index in [9.17, 15) is 0 Å². The molecule has 0 aliphatic heterocycles. The molecule has 0 saturated heterocycles. The number of halogens is 1. The fraction of sp³-hybridized carbons (Fsp3) is 0.300. The smallest absolute Gasteiger partial charge is 0.123 e. The maximum atomic E-state index is 8.55. The molecule has 0 fully saturated rings. The van der Waals surface area contributed by atoms with E-state index in [2.05, 4.69) is 6.07 Å². The molecule has 0 unspecified atom stereocenters. The van der Waals surface area contributed by atoms with Crippen LogP contribution in [0.25, 0.3) is 0 Å². The first-order chi connectivity index (χ1) is 6.27. The Hall–Kier alpha value is -1.20. The van der Waals surface area contributed by atoms with Gasteiger partial charge in [-0.15, -0.1) is 0 Å². The van der Waals surface area contributed by atoms with Crippen molar-refractivity contribution in [2.24, 2.45) is 0 Å². The largest absolute Gasteiger partial charge is 0.494 e. The van der Waals surface area contributed by atoms with Gasteiger partial charge in [-0.2, -0.15) is 5.26 Å². The average molecular weight is 196 g/mol. The molecule has 0 N–H and O–H groups in total. The van der Waals surface area contributed by atoms with Crippen LogP contribution >= 0.6 is 11.6 Å². The predicted octanol–water partition coefficient (Wildman–Crippen LogP) is 2.80. The lowest BCUT2D eigenvalue weighted by Crippen LogP contribution is -1.95. The van der Waals surface area contributed by atoms with E-state index in [0.29, 0.717) is 18.1 Å². The lowest BCUT2D eigenvalue weighted by Gasteiger charge is -2.07. The maximum Gasteiger partial charge on any atom is 0.123 e. The minimum Gasteiger partial charge on any atom is -0.494 e. The first kappa shape index (κ1) is 9.88. The summed E-state index contributed by atoms with van der Waals surface area (Å²) in [5.41, 5.74) is 0.844. The van der Waals surface area contributed by atoms with E-state index in [4.69, 9.17) is 21.6 Å². The molecule has 0 aliphatic rings. The van der Waals surface area contributed by atoms with Crippen molar-refractivity contribution in [3.05, 3.63) is 28.8 Å². The Kier molecular flexibility index (Phi) is 3.60. The molecule has 0 aromatic heterocycles. The van der Waals surface area contributed by atoms with E-state index in [-0.39, 0.29) is 0 Å². The second-order valence-electron chi connectivity index (χ2n) is 2.52. The zero-order chi connectivity index (χ0) is 9.68. The van der Waals surface area contributed by atoms with Crippen LogP contribution in [0.2, 0.25) is 5.02 Å². The fourth-order valence-corrected chi connectivity index (χ4v) is 1.26. The number of hydrogen-bond donors (Lipinski definition) is 0. The average Bonchev–Trinajstić information content (AvgIpc) is 2.10. The van der Waals surface area contributed by atoms with Gasteiger partial charge in [0, 0.05) is 10.6 Å². The van der Waals surface area contributed by atoms with E-state index in [0.717, 1.165) is 11.3 Å². The molecule has 1 rings (SSSR count). The van der Waals surface area contributed by atoms with Crippen molar-refractivity contribution in [3.63, 3.8) is 0 Å². The number of rotatable bonds is 3. The fourth-order valence-electron chi connectivity index (χ4n) is 1.07. The Balaban J connectivity index is 2.97. The standard InChI is InChI=1S/C10H10ClNO/c1-2-13-10-4-3-9(11)7-8(10)5-6-12/h3-4,7H,2,5H2,1H3. The monoisotopic (exact) mass is 195 g/mol. The Morgan fingerprint density at radius 2 is 2.31 bits per heavy atom. The van der Waals surface area contributed by atoms with Gasteiger partial charge in [0.05, 0.1) is 19.1 Å². The third kappa shape index (κ3) is 2.64. The van der Waals surface area contributed by atoms with Crippen LogP contribution in [0.1, 0.15) is 12.5 Å². The Bertz CT molecular complexity index is 330. The number of benzene rings is 1. The van der Waals surface area contributed by atoms with Gasteiger partial charge in [0.1, 0.15) is 5.75 Å². The second kappa shape index (κ2) is 4.74. The lowest BCUT2D eigenvalue weighted by molar-refractivity contribution is 0.337. The van der Waals surface area contributed by atoms with Gasteiger partial charge in [-0.05, 0) is 25.1 Å². The summed E-state index contributed by atoms with van der Waals surface area (Å²) in [6, 6.07) is 7.38. The molecule has 0 amide bonds. The van der Waals surface area contributed by atoms with Crippen molar-refractivity contribution in [1.29, 1.82) is 5.26 Å². The third-order valence-corrected chi connectivity index (χ3v) is 1.83. The van der Waals surface area contributed by atoms with Gasteiger partial charge in [-0.3, -0.25) is 0 Å². The molecular formula is C10H10ClNO. The van der Waals surface area contributed by atoms with Crippen LogP contribution in [0, 0.1) is 11.3 Å². The summed E-state index contributed by atoms with van der Waals surface area (Å²) in [4.78, 5) is 0. The number of hydrogen-bond acceptors (Lipinski definition) is 2.